The van der Waals surface area contributed by atoms with Crippen molar-refractivity contribution in [1.29, 1.82) is 0 Å². The summed E-state index contributed by atoms with van der Waals surface area (Å²) in [6.45, 7) is 9.29. The maximum Gasteiger partial charge on any atom is 0.227 e. The first kappa shape index (κ1) is 23.1. The van der Waals surface area contributed by atoms with E-state index in [9.17, 15) is 0 Å². The average Bonchev–Trinajstić information content (AvgIpc) is 2.81. The summed E-state index contributed by atoms with van der Waals surface area (Å²) >= 11 is 0. The summed E-state index contributed by atoms with van der Waals surface area (Å²) in [6.07, 6.45) is 6.10. The molecule has 6 rings (SSSR count). The quantitative estimate of drug-likeness (QED) is 0.307. The zero-order valence-electron chi connectivity index (χ0n) is 21.7. The van der Waals surface area contributed by atoms with Crippen LogP contribution in [0.25, 0.3) is 10.8 Å². The summed E-state index contributed by atoms with van der Waals surface area (Å²) in [5, 5.41) is 2.47. The maximum absolute atomic E-state index is 7.11. The van der Waals surface area contributed by atoms with Crippen molar-refractivity contribution in [2.24, 2.45) is 29.6 Å². The largest absolute Gasteiger partial charge is 0.461 e. The van der Waals surface area contributed by atoms with E-state index in [1.165, 1.54) is 48.4 Å². The second-order valence-corrected chi connectivity index (χ2v) is 12.2. The van der Waals surface area contributed by atoms with Crippen LogP contribution in [0.15, 0.2) is 66.7 Å². The van der Waals surface area contributed by atoms with Crippen LogP contribution in [0.3, 0.4) is 0 Å². The summed E-state index contributed by atoms with van der Waals surface area (Å²) in [4.78, 5) is 0. The van der Waals surface area contributed by atoms with Crippen molar-refractivity contribution in [2.45, 2.75) is 77.6 Å². The van der Waals surface area contributed by atoms with E-state index in [0.717, 1.165) is 29.1 Å². The Labute approximate surface area is 211 Å². The first-order valence-electron chi connectivity index (χ1n) is 13.9. The van der Waals surface area contributed by atoms with Crippen LogP contribution >= 0.6 is 0 Å². The molecule has 0 aromatic heterocycles. The fraction of sp³-hybridized carbons (Fsp3) is 0.515. The molecular weight excluding hydrogens is 428 g/mol. The molecule has 3 aliphatic carbocycles. The lowest BCUT2D eigenvalue weighted by atomic mass is 9.41. The summed E-state index contributed by atoms with van der Waals surface area (Å²) in [6, 6.07) is 24.0. The van der Waals surface area contributed by atoms with Crippen molar-refractivity contribution in [3.8, 4) is 5.75 Å². The Morgan fingerprint density at radius 1 is 0.829 bits per heavy atom. The zero-order valence-corrected chi connectivity index (χ0v) is 21.7. The molecule has 0 bridgehead atoms. The lowest BCUT2D eigenvalue weighted by Gasteiger charge is -2.68. The highest BCUT2D eigenvalue weighted by molar-refractivity contribution is 5.85. The third kappa shape index (κ3) is 3.99. The van der Waals surface area contributed by atoms with Gasteiger partial charge in [-0.25, -0.2) is 0 Å². The number of rotatable bonds is 8. The summed E-state index contributed by atoms with van der Waals surface area (Å²) < 4.78 is 13.9. The normalized spacial score (nSPS) is 28.0. The average molecular weight is 469 g/mol. The molecule has 0 amide bonds. The molecule has 184 valence electrons. The van der Waals surface area contributed by atoms with E-state index in [2.05, 4.69) is 94.4 Å². The highest BCUT2D eigenvalue weighted by Gasteiger charge is 2.65. The van der Waals surface area contributed by atoms with Gasteiger partial charge in [0.15, 0.2) is 0 Å². The number of ether oxygens (including phenoxy) is 2. The van der Waals surface area contributed by atoms with Gasteiger partial charge in [0.2, 0.25) is 6.29 Å². The molecule has 3 fully saturated rings. The molecular formula is C33H40O2. The number of hydrogen-bond acceptors (Lipinski definition) is 2. The van der Waals surface area contributed by atoms with Gasteiger partial charge in [-0.2, -0.15) is 0 Å². The van der Waals surface area contributed by atoms with Crippen molar-refractivity contribution >= 4 is 10.8 Å². The number of benzene rings is 3. The Bertz CT molecular complexity index is 1160. The second kappa shape index (κ2) is 8.96. The topological polar surface area (TPSA) is 18.5 Å². The van der Waals surface area contributed by atoms with E-state index in [-0.39, 0.29) is 5.60 Å². The monoisotopic (exact) mass is 468 g/mol. The predicted octanol–water partition coefficient (Wildman–Crippen LogP) is 8.91. The molecule has 0 N–H and O–H groups in total. The van der Waals surface area contributed by atoms with Gasteiger partial charge in [-0.15, -0.1) is 0 Å². The standard InChI is InChI=1S/C33H40O2/c1-21(2)30(22(3)4)24-14-16-27(17-15-24)34-32(29-13-7-10-23-9-5-6-12-28(23)29)35-33-18-8-11-25-19-26(20-33)31(25)33/h5-7,9-10,12-17,21-22,25-26,30-32H,8,11,18-20H2,1-4H3. The molecule has 35 heavy (non-hydrogen) atoms. The van der Waals surface area contributed by atoms with E-state index < -0.39 is 6.29 Å². The molecule has 5 atom stereocenters. The van der Waals surface area contributed by atoms with Crippen molar-refractivity contribution in [3.63, 3.8) is 0 Å². The van der Waals surface area contributed by atoms with Crippen LogP contribution in [0.5, 0.6) is 5.75 Å². The molecule has 0 radical (unpaired) electrons. The minimum atomic E-state index is -0.391. The molecule has 0 spiro atoms. The number of fused-ring (bicyclic) bond motifs is 1. The van der Waals surface area contributed by atoms with Gasteiger partial charge in [-0.1, -0.05) is 88.7 Å². The Morgan fingerprint density at radius 3 is 2.31 bits per heavy atom. The molecule has 0 aliphatic heterocycles. The Balaban J connectivity index is 1.32. The van der Waals surface area contributed by atoms with Crippen molar-refractivity contribution in [3.05, 3.63) is 77.9 Å². The fourth-order valence-corrected chi connectivity index (χ4v) is 8.03. The fourth-order valence-electron chi connectivity index (χ4n) is 8.03. The van der Waals surface area contributed by atoms with Gasteiger partial charge in [0.1, 0.15) is 5.75 Å². The number of hydrogen-bond donors (Lipinski definition) is 0. The first-order chi connectivity index (χ1) is 16.9. The minimum absolute atomic E-state index is 0.00771. The van der Waals surface area contributed by atoms with Crippen LogP contribution in [0, 0.1) is 29.6 Å². The van der Waals surface area contributed by atoms with Gasteiger partial charge in [0.25, 0.3) is 0 Å². The smallest absolute Gasteiger partial charge is 0.227 e. The molecule has 2 nitrogen and oxygen atoms in total. The Hall–Kier alpha value is -2.32. The van der Waals surface area contributed by atoms with E-state index in [1.54, 1.807) is 0 Å². The lowest BCUT2D eigenvalue weighted by molar-refractivity contribution is -0.312. The van der Waals surface area contributed by atoms with Crippen LogP contribution in [-0.4, -0.2) is 5.60 Å². The van der Waals surface area contributed by atoms with Gasteiger partial charge in [0, 0.05) is 5.56 Å². The van der Waals surface area contributed by atoms with Crippen LogP contribution in [0.2, 0.25) is 0 Å². The summed E-state index contributed by atoms with van der Waals surface area (Å²) in [5.41, 5.74) is 2.55. The molecule has 0 heterocycles. The molecule has 3 aliphatic rings. The van der Waals surface area contributed by atoms with Gasteiger partial charge >= 0.3 is 0 Å². The van der Waals surface area contributed by atoms with Crippen molar-refractivity contribution < 1.29 is 9.47 Å². The Morgan fingerprint density at radius 2 is 1.57 bits per heavy atom. The van der Waals surface area contributed by atoms with Gasteiger partial charge in [0.05, 0.1) is 5.60 Å². The van der Waals surface area contributed by atoms with Crippen LogP contribution < -0.4 is 4.74 Å². The van der Waals surface area contributed by atoms with E-state index in [4.69, 9.17) is 9.47 Å². The molecule has 5 unspecified atom stereocenters. The van der Waals surface area contributed by atoms with Gasteiger partial charge in [-0.05, 0) is 89.7 Å². The van der Waals surface area contributed by atoms with Gasteiger partial charge in [-0.3, -0.25) is 0 Å². The van der Waals surface area contributed by atoms with E-state index in [0.29, 0.717) is 17.8 Å². The predicted molar refractivity (Wildman–Crippen MR) is 144 cm³/mol. The lowest BCUT2D eigenvalue weighted by Crippen LogP contribution is -2.67. The minimum Gasteiger partial charge on any atom is -0.461 e. The van der Waals surface area contributed by atoms with Crippen LogP contribution in [-0.2, 0) is 4.74 Å². The Kier molecular flexibility index (Phi) is 5.92. The highest BCUT2D eigenvalue weighted by atomic mass is 16.7. The summed E-state index contributed by atoms with van der Waals surface area (Å²) in [7, 11) is 0. The van der Waals surface area contributed by atoms with E-state index >= 15 is 0 Å². The van der Waals surface area contributed by atoms with Crippen LogP contribution in [0.1, 0.15) is 83.1 Å². The highest BCUT2D eigenvalue weighted by Crippen LogP contribution is 2.67. The van der Waals surface area contributed by atoms with E-state index in [1.807, 2.05) is 0 Å². The third-order valence-electron chi connectivity index (χ3n) is 9.37. The van der Waals surface area contributed by atoms with Crippen molar-refractivity contribution in [2.75, 3.05) is 0 Å². The first-order valence-corrected chi connectivity index (χ1v) is 13.9. The maximum atomic E-state index is 7.11. The van der Waals surface area contributed by atoms with Gasteiger partial charge < -0.3 is 9.47 Å². The van der Waals surface area contributed by atoms with Crippen molar-refractivity contribution in [1.82, 2.24) is 0 Å². The third-order valence-corrected chi connectivity index (χ3v) is 9.37. The summed E-state index contributed by atoms with van der Waals surface area (Å²) in [5.74, 6) is 5.18. The SMILES string of the molecule is CC(C)C(c1ccc(OC(OC23CCCC4CC(C2)C43)c2cccc3ccccc23)cc1)C(C)C. The molecule has 0 saturated heterocycles. The molecule has 3 aromatic carbocycles. The van der Waals surface area contributed by atoms with Crippen LogP contribution in [0.4, 0.5) is 0 Å². The molecule has 3 aromatic rings. The second-order valence-electron chi connectivity index (χ2n) is 12.2. The zero-order chi connectivity index (χ0) is 24.2. The molecule has 2 heteroatoms. The molecule has 3 saturated carbocycles.